The Balaban J connectivity index is 1.95. The molecule has 0 fully saturated rings. The average molecular weight is 455 g/mol. The van der Waals surface area contributed by atoms with Crippen molar-refractivity contribution in [2.24, 2.45) is 0 Å². The molecule has 1 aromatic heterocycles. The number of nitriles is 1. The molecular weight excluding hydrogens is 439 g/mol. The summed E-state index contributed by atoms with van der Waals surface area (Å²) in [6.07, 6.45) is 1.42. The Labute approximate surface area is 187 Å². The number of ether oxygens (including phenoxy) is 1. The molecule has 0 radical (unpaired) electrons. The van der Waals surface area contributed by atoms with Crippen molar-refractivity contribution in [1.82, 2.24) is 0 Å². The van der Waals surface area contributed by atoms with E-state index in [4.69, 9.17) is 16.3 Å². The minimum atomic E-state index is -0.671. The summed E-state index contributed by atoms with van der Waals surface area (Å²) in [5.41, 5.74) is 1.72. The largest absolute Gasteiger partial charge is 0.462 e. The van der Waals surface area contributed by atoms with E-state index in [1.807, 2.05) is 6.07 Å². The van der Waals surface area contributed by atoms with Crippen LogP contribution in [0.1, 0.15) is 22.8 Å². The molecule has 0 saturated carbocycles. The van der Waals surface area contributed by atoms with E-state index in [2.05, 4.69) is 5.32 Å². The molecule has 2 aromatic carbocycles. The van der Waals surface area contributed by atoms with E-state index in [0.717, 1.165) is 11.3 Å². The fourth-order valence-corrected chi connectivity index (χ4v) is 3.82. The molecule has 8 heteroatoms. The van der Waals surface area contributed by atoms with E-state index in [9.17, 15) is 19.2 Å². The van der Waals surface area contributed by atoms with Crippen LogP contribution in [0.5, 0.6) is 0 Å². The summed E-state index contributed by atoms with van der Waals surface area (Å²) in [6, 6.07) is 14.1. The van der Waals surface area contributed by atoms with E-state index < -0.39 is 17.7 Å². The van der Waals surface area contributed by atoms with Crippen molar-refractivity contribution in [3.63, 3.8) is 0 Å². The highest BCUT2D eigenvalue weighted by atomic mass is 35.5. The van der Waals surface area contributed by atoms with Gasteiger partial charge in [-0.15, -0.1) is 11.3 Å². The first kappa shape index (κ1) is 22.2. The fourth-order valence-electron chi connectivity index (χ4n) is 2.74. The number of amides is 1. The highest BCUT2D eigenvalue weighted by Crippen LogP contribution is 2.36. The zero-order chi connectivity index (χ0) is 22.4. The van der Waals surface area contributed by atoms with Gasteiger partial charge in [0, 0.05) is 16.0 Å². The Morgan fingerprint density at radius 3 is 2.48 bits per heavy atom. The van der Waals surface area contributed by atoms with Crippen LogP contribution in [0, 0.1) is 17.1 Å². The predicted molar refractivity (Wildman–Crippen MR) is 119 cm³/mol. The molecule has 3 aromatic rings. The highest BCUT2D eigenvalue weighted by Gasteiger charge is 2.23. The monoisotopic (exact) mass is 454 g/mol. The van der Waals surface area contributed by atoms with Crippen LogP contribution in [0.25, 0.3) is 17.2 Å². The topological polar surface area (TPSA) is 79.2 Å². The minimum absolute atomic E-state index is 0.144. The van der Waals surface area contributed by atoms with E-state index in [1.165, 1.54) is 30.3 Å². The van der Waals surface area contributed by atoms with Gasteiger partial charge in [0.1, 0.15) is 28.0 Å². The summed E-state index contributed by atoms with van der Waals surface area (Å²) < 4.78 is 18.4. The molecule has 1 amide bonds. The van der Waals surface area contributed by atoms with Gasteiger partial charge in [0.25, 0.3) is 5.91 Å². The number of rotatable bonds is 6. The van der Waals surface area contributed by atoms with Crippen LogP contribution in [0.3, 0.4) is 0 Å². The number of thiophene rings is 1. The number of esters is 1. The molecule has 0 aliphatic carbocycles. The average Bonchev–Trinajstić information content (AvgIpc) is 3.17. The number of nitrogens with one attached hydrogen (secondary N) is 1. The van der Waals surface area contributed by atoms with E-state index in [-0.39, 0.29) is 22.7 Å². The zero-order valence-electron chi connectivity index (χ0n) is 16.3. The third kappa shape index (κ3) is 5.37. The van der Waals surface area contributed by atoms with E-state index >= 15 is 0 Å². The van der Waals surface area contributed by atoms with Crippen LogP contribution >= 0.6 is 22.9 Å². The lowest BCUT2D eigenvalue weighted by atomic mass is 10.0. The van der Waals surface area contributed by atoms with Gasteiger partial charge in [0.15, 0.2) is 0 Å². The first-order chi connectivity index (χ1) is 14.9. The van der Waals surface area contributed by atoms with Gasteiger partial charge in [-0.1, -0.05) is 35.9 Å². The van der Waals surface area contributed by atoms with E-state index in [1.54, 1.807) is 36.6 Å². The van der Waals surface area contributed by atoms with Gasteiger partial charge >= 0.3 is 5.97 Å². The zero-order valence-corrected chi connectivity index (χ0v) is 17.9. The molecule has 0 aliphatic rings. The molecule has 0 spiro atoms. The molecule has 156 valence electrons. The summed E-state index contributed by atoms with van der Waals surface area (Å²) in [4.78, 5) is 25.3. The van der Waals surface area contributed by atoms with Crippen LogP contribution in [0.2, 0.25) is 5.02 Å². The standard InChI is InChI=1S/C23H16ClFN2O3S/c1-2-30-23(29)20-19(15-5-9-18(25)10-6-15)13-31-22(20)27-21(28)16(12-26)11-14-3-7-17(24)8-4-14/h3-11,13H,2H2,1H3,(H,27,28)/b16-11-. The van der Waals surface area contributed by atoms with Crippen LogP contribution in [-0.4, -0.2) is 18.5 Å². The maximum Gasteiger partial charge on any atom is 0.341 e. The Morgan fingerprint density at radius 1 is 1.19 bits per heavy atom. The van der Waals surface area contributed by atoms with Crippen molar-refractivity contribution in [2.45, 2.75) is 6.92 Å². The summed E-state index contributed by atoms with van der Waals surface area (Å²) in [5.74, 6) is -1.70. The Hall–Kier alpha value is -3.47. The third-order valence-corrected chi connectivity index (χ3v) is 5.35. The molecular formula is C23H16ClFN2O3S. The van der Waals surface area contributed by atoms with Gasteiger partial charge in [-0.25, -0.2) is 9.18 Å². The van der Waals surface area contributed by atoms with Gasteiger partial charge in [-0.05, 0) is 48.4 Å². The fraction of sp³-hybridized carbons (Fsp3) is 0.0870. The molecule has 3 rings (SSSR count). The number of halogens is 2. The molecule has 0 aliphatic heterocycles. The van der Waals surface area contributed by atoms with Gasteiger partial charge in [-0.2, -0.15) is 5.26 Å². The van der Waals surface area contributed by atoms with Crippen molar-refractivity contribution < 1.29 is 18.7 Å². The summed E-state index contributed by atoms with van der Waals surface area (Å²) >= 11 is 6.97. The van der Waals surface area contributed by atoms with Crippen molar-refractivity contribution >= 4 is 45.9 Å². The molecule has 0 atom stereocenters. The number of nitrogens with zero attached hydrogens (tertiary/aromatic N) is 1. The minimum Gasteiger partial charge on any atom is -0.462 e. The highest BCUT2D eigenvalue weighted by molar-refractivity contribution is 7.15. The Morgan fingerprint density at radius 2 is 1.87 bits per heavy atom. The quantitative estimate of drug-likeness (QED) is 0.284. The number of anilines is 1. The molecule has 0 saturated heterocycles. The Kier molecular flexibility index (Phi) is 7.19. The summed E-state index contributed by atoms with van der Waals surface area (Å²) in [7, 11) is 0. The van der Waals surface area contributed by atoms with Crippen molar-refractivity contribution in [1.29, 1.82) is 5.26 Å². The van der Waals surface area contributed by atoms with Gasteiger partial charge in [-0.3, -0.25) is 4.79 Å². The van der Waals surface area contributed by atoms with Crippen molar-refractivity contribution in [2.75, 3.05) is 11.9 Å². The molecule has 0 bridgehead atoms. The lowest BCUT2D eigenvalue weighted by Gasteiger charge is -2.08. The van der Waals surface area contributed by atoms with Crippen LogP contribution in [0.4, 0.5) is 9.39 Å². The summed E-state index contributed by atoms with van der Waals surface area (Å²) in [6.45, 7) is 1.81. The predicted octanol–water partition coefficient (Wildman–Crippen LogP) is 5.93. The molecule has 1 heterocycles. The Bertz CT molecular complexity index is 1180. The van der Waals surface area contributed by atoms with Gasteiger partial charge in [0.2, 0.25) is 0 Å². The normalized spacial score (nSPS) is 11.0. The summed E-state index contributed by atoms with van der Waals surface area (Å²) in [5, 5.41) is 14.5. The number of carbonyl (C=O) groups is 2. The lowest BCUT2D eigenvalue weighted by Crippen LogP contribution is -2.16. The van der Waals surface area contributed by atoms with Crippen molar-refractivity contribution in [3.05, 3.63) is 81.5 Å². The van der Waals surface area contributed by atoms with Crippen LogP contribution in [-0.2, 0) is 9.53 Å². The number of hydrogen-bond acceptors (Lipinski definition) is 5. The molecule has 1 N–H and O–H groups in total. The van der Waals surface area contributed by atoms with E-state index in [0.29, 0.717) is 21.7 Å². The second kappa shape index (κ2) is 10.0. The van der Waals surface area contributed by atoms with Crippen LogP contribution < -0.4 is 5.32 Å². The number of hydrogen-bond donors (Lipinski definition) is 1. The first-order valence-electron chi connectivity index (χ1n) is 9.16. The maximum atomic E-state index is 13.3. The molecule has 31 heavy (non-hydrogen) atoms. The third-order valence-electron chi connectivity index (χ3n) is 4.20. The molecule has 0 unspecified atom stereocenters. The lowest BCUT2D eigenvalue weighted by molar-refractivity contribution is -0.112. The molecule has 5 nitrogen and oxygen atoms in total. The number of benzene rings is 2. The first-order valence-corrected chi connectivity index (χ1v) is 10.4. The van der Waals surface area contributed by atoms with Crippen LogP contribution in [0.15, 0.2) is 59.5 Å². The van der Waals surface area contributed by atoms with Gasteiger partial charge < -0.3 is 10.1 Å². The SMILES string of the molecule is CCOC(=O)c1c(-c2ccc(F)cc2)csc1NC(=O)/C(C#N)=C\c1ccc(Cl)cc1. The second-order valence-corrected chi connectivity index (χ2v) is 7.57. The smallest absolute Gasteiger partial charge is 0.341 e. The van der Waals surface area contributed by atoms with Crippen molar-refractivity contribution in [3.8, 4) is 17.2 Å². The second-order valence-electron chi connectivity index (χ2n) is 6.26. The van der Waals surface area contributed by atoms with Gasteiger partial charge in [0.05, 0.1) is 6.61 Å². The number of carbonyl (C=O) groups excluding carboxylic acids is 2. The maximum absolute atomic E-state index is 13.3.